The fourth-order valence-electron chi connectivity index (χ4n) is 3.51. The molecule has 4 rings (SSSR count). The van der Waals surface area contributed by atoms with Crippen LogP contribution in [-0.2, 0) is 0 Å². The highest BCUT2D eigenvalue weighted by molar-refractivity contribution is 5.89. The molecule has 0 N–H and O–H groups in total. The lowest BCUT2D eigenvalue weighted by Crippen LogP contribution is -2.22. The highest BCUT2D eigenvalue weighted by Crippen LogP contribution is 2.32. The monoisotopic (exact) mass is 311 g/mol. The van der Waals surface area contributed by atoms with Gasteiger partial charge in [-0.15, -0.1) is 0 Å². The molecule has 1 nitrogen and oxygen atoms in total. The average molecular weight is 311 g/mol. The van der Waals surface area contributed by atoms with Crippen molar-refractivity contribution in [3.63, 3.8) is 0 Å². The molecule has 1 aromatic carbocycles. The lowest BCUT2D eigenvalue weighted by atomic mass is 9.82. The number of benzene rings is 1. The predicted molar refractivity (Wildman–Crippen MR) is 103 cm³/mol. The van der Waals surface area contributed by atoms with Crippen molar-refractivity contribution >= 4 is 11.3 Å². The third kappa shape index (κ3) is 2.90. The molecule has 0 saturated heterocycles. The Labute approximate surface area is 143 Å². The fourth-order valence-corrected chi connectivity index (χ4v) is 3.51. The molecule has 0 bridgehead atoms. The van der Waals surface area contributed by atoms with E-state index in [4.69, 9.17) is 4.99 Å². The molecule has 2 atom stereocenters. The largest absolute Gasteiger partial charge is 0.257 e. The minimum Gasteiger partial charge on any atom is -0.257 e. The van der Waals surface area contributed by atoms with Gasteiger partial charge in [0.15, 0.2) is 0 Å². The Morgan fingerprint density at radius 3 is 2.71 bits per heavy atom. The fraction of sp³-hybridized carbons (Fsp3) is 0.174. The van der Waals surface area contributed by atoms with Gasteiger partial charge in [-0.2, -0.15) is 0 Å². The maximum atomic E-state index is 4.87. The maximum absolute atomic E-state index is 4.87. The minimum atomic E-state index is 0.421. The number of allylic oxidation sites excluding steroid dienone is 10. The van der Waals surface area contributed by atoms with Gasteiger partial charge in [0.05, 0.1) is 5.70 Å². The summed E-state index contributed by atoms with van der Waals surface area (Å²) >= 11 is 0. The molecule has 1 heteroatoms. The molecule has 1 aliphatic heterocycles. The van der Waals surface area contributed by atoms with Crippen LogP contribution in [0, 0.1) is 11.8 Å². The van der Waals surface area contributed by atoms with E-state index >= 15 is 0 Å². The highest BCUT2D eigenvalue weighted by Gasteiger charge is 2.24. The second kappa shape index (κ2) is 6.45. The molecule has 24 heavy (non-hydrogen) atoms. The summed E-state index contributed by atoms with van der Waals surface area (Å²) in [5.41, 5.74) is 6.12. The van der Waals surface area contributed by atoms with Crippen molar-refractivity contribution in [2.45, 2.75) is 13.3 Å². The van der Waals surface area contributed by atoms with Gasteiger partial charge in [-0.1, -0.05) is 85.0 Å². The van der Waals surface area contributed by atoms with Gasteiger partial charge in [-0.3, -0.25) is 4.99 Å². The molecular weight excluding hydrogens is 290 g/mol. The summed E-state index contributed by atoms with van der Waals surface area (Å²) in [6.45, 7) is 2.14. The molecule has 0 spiro atoms. The molecule has 3 aliphatic rings. The van der Waals surface area contributed by atoms with Crippen LogP contribution in [0.2, 0.25) is 0 Å². The summed E-state index contributed by atoms with van der Waals surface area (Å²) < 4.78 is 0. The van der Waals surface area contributed by atoms with Crippen LogP contribution in [-0.4, -0.2) is 5.71 Å². The maximum Gasteiger partial charge on any atom is 0.0667 e. The second-order valence-electron chi connectivity index (χ2n) is 6.46. The smallest absolute Gasteiger partial charge is 0.0667 e. The number of hydrogen-bond acceptors (Lipinski definition) is 1. The Balaban J connectivity index is 1.66. The summed E-state index contributed by atoms with van der Waals surface area (Å²) in [6, 6.07) is 10.6. The van der Waals surface area contributed by atoms with Crippen molar-refractivity contribution in [2.75, 3.05) is 0 Å². The van der Waals surface area contributed by atoms with Crippen molar-refractivity contribution in [1.82, 2.24) is 0 Å². The molecule has 1 heterocycles. The molecule has 0 saturated carbocycles. The van der Waals surface area contributed by atoms with Crippen LogP contribution in [0.25, 0.3) is 5.57 Å². The second-order valence-corrected chi connectivity index (χ2v) is 6.46. The summed E-state index contributed by atoms with van der Waals surface area (Å²) in [7, 11) is 0. The molecule has 0 radical (unpaired) electrons. The highest BCUT2D eigenvalue weighted by atomic mass is 14.8. The number of hydrogen-bond donors (Lipinski definition) is 0. The van der Waals surface area contributed by atoms with E-state index < -0.39 is 0 Å². The molecule has 0 aromatic heterocycles. The van der Waals surface area contributed by atoms with E-state index in [2.05, 4.69) is 91.9 Å². The van der Waals surface area contributed by atoms with Crippen LogP contribution in [0.15, 0.2) is 101 Å². The zero-order valence-corrected chi connectivity index (χ0v) is 13.9. The normalized spacial score (nSPS) is 25.2. The van der Waals surface area contributed by atoms with Crippen LogP contribution < -0.4 is 0 Å². The van der Waals surface area contributed by atoms with E-state index in [1.165, 1.54) is 22.4 Å². The van der Waals surface area contributed by atoms with Crippen LogP contribution in [0.3, 0.4) is 0 Å². The Morgan fingerprint density at radius 2 is 1.83 bits per heavy atom. The van der Waals surface area contributed by atoms with Gasteiger partial charge in [-0.25, -0.2) is 0 Å². The molecular formula is C23H21N. The van der Waals surface area contributed by atoms with Crippen LogP contribution >= 0.6 is 0 Å². The first-order valence-corrected chi connectivity index (χ1v) is 8.56. The Hall–Kier alpha value is -2.67. The van der Waals surface area contributed by atoms with E-state index in [0.717, 1.165) is 12.1 Å². The van der Waals surface area contributed by atoms with Crippen molar-refractivity contribution in [1.29, 1.82) is 0 Å². The van der Waals surface area contributed by atoms with Crippen molar-refractivity contribution in [3.8, 4) is 0 Å². The first-order chi connectivity index (χ1) is 11.8. The van der Waals surface area contributed by atoms with Crippen LogP contribution in [0.1, 0.15) is 18.9 Å². The lowest BCUT2D eigenvalue weighted by molar-refractivity contribution is 0.681. The minimum absolute atomic E-state index is 0.421. The van der Waals surface area contributed by atoms with Crippen LogP contribution in [0.5, 0.6) is 0 Å². The summed E-state index contributed by atoms with van der Waals surface area (Å²) in [5.74, 6) is 0.849. The molecule has 1 aromatic rings. The molecule has 0 amide bonds. The van der Waals surface area contributed by atoms with Gasteiger partial charge >= 0.3 is 0 Å². The van der Waals surface area contributed by atoms with Crippen LogP contribution in [0.4, 0.5) is 0 Å². The summed E-state index contributed by atoms with van der Waals surface area (Å²) in [6.07, 6.45) is 20.9. The molecule has 118 valence electrons. The zero-order valence-electron chi connectivity index (χ0n) is 13.9. The Kier molecular flexibility index (Phi) is 4.00. The lowest BCUT2D eigenvalue weighted by Gasteiger charge is -2.26. The van der Waals surface area contributed by atoms with Crippen molar-refractivity contribution in [2.24, 2.45) is 16.8 Å². The third-order valence-corrected chi connectivity index (χ3v) is 4.85. The molecule has 2 unspecified atom stereocenters. The average Bonchev–Trinajstić information content (AvgIpc) is 2.89. The van der Waals surface area contributed by atoms with Gasteiger partial charge in [-0.05, 0) is 30.1 Å². The zero-order chi connectivity index (χ0) is 16.4. The molecule has 2 aliphatic carbocycles. The molecule has 0 fully saturated rings. The number of aliphatic imine (C=N–C) groups is 1. The van der Waals surface area contributed by atoms with Crippen molar-refractivity contribution in [3.05, 3.63) is 102 Å². The first kappa shape index (κ1) is 14.9. The topological polar surface area (TPSA) is 12.4 Å². The standard InChI is InChI=1S/C23H21N/c1-17-22-13-6-5-10-21(22)16-23(24-17)20-12-7-11-19(14-15-20)18-8-3-2-4-9-18/h2-10,12-16,21-22H,11H2,1H3. The predicted octanol–water partition coefficient (Wildman–Crippen LogP) is 5.67. The van der Waals surface area contributed by atoms with E-state index in [1.807, 2.05) is 0 Å². The number of fused-ring (bicyclic) bond motifs is 1. The quantitative estimate of drug-likeness (QED) is 0.667. The Bertz CT molecular complexity index is 841. The SMILES string of the molecule is CC1=NC(C2=CC=C(c3ccccc3)CC=C2)=CC2C=CC=CC12. The van der Waals surface area contributed by atoms with Crippen molar-refractivity contribution < 1.29 is 0 Å². The van der Waals surface area contributed by atoms with Gasteiger partial charge in [0.1, 0.15) is 0 Å². The van der Waals surface area contributed by atoms with Gasteiger partial charge in [0, 0.05) is 17.5 Å². The third-order valence-electron chi connectivity index (χ3n) is 4.85. The first-order valence-electron chi connectivity index (χ1n) is 8.56. The van der Waals surface area contributed by atoms with E-state index in [-0.39, 0.29) is 0 Å². The van der Waals surface area contributed by atoms with Gasteiger partial charge in [0.2, 0.25) is 0 Å². The van der Waals surface area contributed by atoms with Gasteiger partial charge in [0.25, 0.3) is 0 Å². The van der Waals surface area contributed by atoms with E-state index in [0.29, 0.717) is 11.8 Å². The van der Waals surface area contributed by atoms with E-state index in [9.17, 15) is 0 Å². The Morgan fingerprint density at radius 1 is 1.00 bits per heavy atom. The van der Waals surface area contributed by atoms with Gasteiger partial charge < -0.3 is 0 Å². The van der Waals surface area contributed by atoms with E-state index in [1.54, 1.807) is 0 Å². The number of rotatable bonds is 2. The number of nitrogens with zero attached hydrogens (tertiary/aromatic N) is 1. The summed E-state index contributed by atoms with van der Waals surface area (Å²) in [4.78, 5) is 4.87. The summed E-state index contributed by atoms with van der Waals surface area (Å²) in [5, 5.41) is 0.